The molecule has 0 aliphatic carbocycles. The average molecular weight is 581 g/mol. The number of imidazole rings is 1. The number of rotatable bonds is 9. The summed E-state index contributed by atoms with van der Waals surface area (Å²) in [6, 6.07) is 9.31. The summed E-state index contributed by atoms with van der Waals surface area (Å²) in [6.07, 6.45) is 4.82. The van der Waals surface area contributed by atoms with Gasteiger partial charge < -0.3 is 19.7 Å². The average Bonchev–Trinajstić information content (AvgIpc) is 3.27. The minimum atomic E-state index is -0.978. The Morgan fingerprint density at radius 3 is 2.73 bits per heavy atom. The van der Waals surface area contributed by atoms with E-state index in [1.807, 2.05) is 6.08 Å². The van der Waals surface area contributed by atoms with E-state index in [1.165, 1.54) is 6.07 Å². The van der Waals surface area contributed by atoms with Crippen LogP contribution in [0.3, 0.4) is 0 Å². The number of hydrogen-bond donors (Lipinski definition) is 2. The highest BCUT2D eigenvalue weighted by Crippen LogP contribution is 2.26. The summed E-state index contributed by atoms with van der Waals surface area (Å²) in [5, 5.41) is 12.6. The molecule has 1 fully saturated rings. The predicted octanol–water partition coefficient (Wildman–Crippen LogP) is 5.15. The molecule has 6 rings (SSSR count). The van der Waals surface area contributed by atoms with Gasteiger partial charge in [-0.25, -0.2) is 28.5 Å². The Kier molecular flexibility index (Phi) is 7.65. The highest BCUT2D eigenvalue weighted by atomic mass is 35.5. The third-order valence-electron chi connectivity index (χ3n) is 7.40. The molecule has 4 aromatic rings. The predicted molar refractivity (Wildman–Crippen MR) is 150 cm³/mol. The van der Waals surface area contributed by atoms with Crippen molar-refractivity contribution in [2.45, 2.75) is 38.6 Å². The van der Waals surface area contributed by atoms with Crippen molar-refractivity contribution in [3.05, 3.63) is 88.1 Å². The Balaban J connectivity index is 1.17. The number of carbonyl (C=O) groups is 1. The van der Waals surface area contributed by atoms with Gasteiger partial charge in [0.1, 0.15) is 11.6 Å². The molecule has 9 nitrogen and oxygen atoms in total. The van der Waals surface area contributed by atoms with Gasteiger partial charge in [-0.15, -0.1) is 0 Å². The molecule has 0 bridgehead atoms. The zero-order valence-electron chi connectivity index (χ0n) is 22.0. The first-order chi connectivity index (χ1) is 19.8. The third-order valence-corrected chi connectivity index (χ3v) is 7.64. The first-order valence-electron chi connectivity index (χ1n) is 13.3. The zero-order chi connectivity index (χ0) is 28.5. The number of fused-ring (bicyclic) bond motifs is 1. The Bertz CT molecular complexity index is 1660. The molecule has 2 aliphatic heterocycles. The molecular formula is C29H27ClF2N6O3. The van der Waals surface area contributed by atoms with Crippen molar-refractivity contribution in [3.8, 4) is 0 Å². The zero-order valence-corrected chi connectivity index (χ0v) is 22.7. The fourth-order valence-corrected chi connectivity index (χ4v) is 5.17. The number of nitrogens with one attached hydrogen (secondary N) is 1. The number of benzene rings is 2. The summed E-state index contributed by atoms with van der Waals surface area (Å²) in [5.74, 6) is -0.824. The first-order valence-corrected chi connectivity index (χ1v) is 13.7. The van der Waals surface area contributed by atoms with Gasteiger partial charge in [-0.05, 0) is 48.7 Å². The van der Waals surface area contributed by atoms with Crippen LogP contribution in [-0.4, -0.2) is 61.3 Å². The van der Waals surface area contributed by atoms with Crippen LogP contribution in [0.25, 0.3) is 16.6 Å². The lowest BCUT2D eigenvalue weighted by Crippen LogP contribution is -2.33. The van der Waals surface area contributed by atoms with Crippen LogP contribution in [-0.2, 0) is 24.4 Å². The molecule has 4 heterocycles. The molecule has 0 spiro atoms. The minimum Gasteiger partial charge on any atom is -0.478 e. The van der Waals surface area contributed by atoms with Gasteiger partial charge >= 0.3 is 5.97 Å². The summed E-state index contributed by atoms with van der Waals surface area (Å²) in [4.78, 5) is 27.2. The summed E-state index contributed by atoms with van der Waals surface area (Å²) >= 11 is 5.81. The maximum absolute atomic E-state index is 14.4. The lowest BCUT2D eigenvalue weighted by molar-refractivity contribution is -0.0591. The Morgan fingerprint density at radius 2 is 2.02 bits per heavy atom. The van der Waals surface area contributed by atoms with Gasteiger partial charge in [0.2, 0.25) is 0 Å². The van der Waals surface area contributed by atoms with Gasteiger partial charge in [-0.3, -0.25) is 4.90 Å². The minimum absolute atomic E-state index is 0.000315. The van der Waals surface area contributed by atoms with Crippen LogP contribution in [0.5, 0.6) is 0 Å². The quantitative estimate of drug-likeness (QED) is 0.280. The van der Waals surface area contributed by atoms with E-state index in [0.717, 1.165) is 41.7 Å². The van der Waals surface area contributed by atoms with E-state index < -0.39 is 17.6 Å². The van der Waals surface area contributed by atoms with E-state index in [-0.39, 0.29) is 29.1 Å². The van der Waals surface area contributed by atoms with Crippen LogP contribution >= 0.6 is 11.6 Å². The lowest BCUT2D eigenvalue weighted by atomic mass is 10.1. The van der Waals surface area contributed by atoms with Crippen molar-refractivity contribution in [1.82, 2.24) is 24.4 Å². The number of hydrogen-bond acceptors (Lipinski definition) is 7. The number of nitrogens with zero attached hydrogens (tertiary/aromatic N) is 5. The fourth-order valence-electron chi connectivity index (χ4n) is 5.01. The van der Waals surface area contributed by atoms with E-state index >= 15 is 0 Å². The molecule has 1 saturated heterocycles. The van der Waals surface area contributed by atoms with E-state index in [4.69, 9.17) is 21.3 Å². The summed E-state index contributed by atoms with van der Waals surface area (Å²) in [6.45, 7) is 3.27. The molecule has 0 radical (unpaired) electrons. The second-order valence-electron chi connectivity index (χ2n) is 10.1. The van der Waals surface area contributed by atoms with Crippen LogP contribution < -0.4 is 5.32 Å². The van der Waals surface area contributed by atoms with Gasteiger partial charge in [0.15, 0.2) is 17.5 Å². The van der Waals surface area contributed by atoms with Gasteiger partial charge in [0.25, 0.3) is 0 Å². The van der Waals surface area contributed by atoms with Crippen molar-refractivity contribution >= 4 is 40.0 Å². The number of carboxylic acid groups (broad SMARTS) is 1. The van der Waals surface area contributed by atoms with Crippen molar-refractivity contribution in [2.75, 3.05) is 25.0 Å². The molecule has 12 heteroatoms. The van der Waals surface area contributed by atoms with Crippen LogP contribution in [0, 0.1) is 11.6 Å². The second-order valence-corrected chi connectivity index (χ2v) is 10.6. The van der Waals surface area contributed by atoms with Gasteiger partial charge in [-0.1, -0.05) is 23.7 Å². The maximum Gasteiger partial charge on any atom is 0.335 e. The normalized spacial score (nSPS) is 17.3. The SMILES string of the molecule is O=C(O)c1ccc2nc(CN3CC=C(c4ncc(F)c(NCc5ccc(Cl)cc5F)n4)CC3)n(C[C@@H]3CCO3)c2c1. The topological polar surface area (TPSA) is 105 Å². The monoisotopic (exact) mass is 580 g/mol. The number of aromatic carboxylic acids is 1. The molecule has 0 unspecified atom stereocenters. The van der Waals surface area contributed by atoms with E-state index in [2.05, 4.69) is 24.8 Å². The number of aromatic nitrogens is 4. The summed E-state index contributed by atoms with van der Waals surface area (Å²) in [5.41, 5.74) is 2.98. The summed E-state index contributed by atoms with van der Waals surface area (Å²) < 4.78 is 36.3. The fraction of sp³-hybridized carbons (Fsp3) is 0.310. The molecule has 2 aliphatic rings. The largest absolute Gasteiger partial charge is 0.478 e. The van der Waals surface area contributed by atoms with E-state index in [0.29, 0.717) is 44.0 Å². The highest BCUT2D eigenvalue weighted by molar-refractivity contribution is 6.30. The Morgan fingerprint density at radius 1 is 1.17 bits per heavy atom. The van der Waals surface area contributed by atoms with Gasteiger partial charge in [-0.2, -0.15) is 0 Å². The number of anilines is 1. The van der Waals surface area contributed by atoms with Crippen LogP contribution in [0.15, 0.2) is 48.7 Å². The van der Waals surface area contributed by atoms with Gasteiger partial charge in [0.05, 0.1) is 42.0 Å². The third kappa shape index (κ3) is 5.92. The van der Waals surface area contributed by atoms with Crippen LogP contribution in [0.2, 0.25) is 5.02 Å². The maximum atomic E-state index is 14.4. The number of carboxylic acids is 1. The van der Waals surface area contributed by atoms with E-state index in [9.17, 15) is 18.7 Å². The molecular weight excluding hydrogens is 554 g/mol. The van der Waals surface area contributed by atoms with Crippen molar-refractivity contribution < 1.29 is 23.4 Å². The van der Waals surface area contributed by atoms with Crippen LogP contribution in [0.4, 0.5) is 14.6 Å². The Labute approximate surface area is 239 Å². The molecule has 212 valence electrons. The van der Waals surface area contributed by atoms with E-state index in [1.54, 1.807) is 30.3 Å². The van der Waals surface area contributed by atoms with Crippen molar-refractivity contribution in [2.24, 2.45) is 0 Å². The first kappa shape index (κ1) is 27.3. The molecule has 0 saturated carbocycles. The highest BCUT2D eigenvalue weighted by Gasteiger charge is 2.24. The molecule has 2 N–H and O–H groups in total. The number of halogens is 3. The summed E-state index contributed by atoms with van der Waals surface area (Å²) in [7, 11) is 0. The lowest BCUT2D eigenvalue weighted by Gasteiger charge is -2.29. The Hall–Kier alpha value is -3.93. The smallest absolute Gasteiger partial charge is 0.335 e. The molecule has 0 amide bonds. The second kappa shape index (κ2) is 11.5. The van der Waals surface area contributed by atoms with Crippen molar-refractivity contribution in [3.63, 3.8) is 0 Å². The van der Waals surface area contributed by atoms with Crippen LogP contribution in [0.1, 0.15) is 40.4 Å². The molecule has 2 aromatic heterocycles. The standard InChI is InChI=1S/C29H27ClF2N6O3/c30-20-3-1-19(22(31)12-20)13-33-28-23(32)14-34-27(36-28)17-5-8-37(9-6-17)16-26-35-24-4-2-18(29(39)40)11-25(24)38(26)15-21-7-10-41-21/h1-5,11-12,14,21H,6-10,13,15-16H2,(H,39,40)(H,33,34,36)/t21-/m0/s1. The van der Waals surface area contributed by atoms with Gasteiger partial charge in [0, 0.05) is 36.8 Å². The van der Waals surface area contributed by atoms with Crippen molar-refractivity contribution in [1.29, 1.82) is 0 Å². The molecule has 1 atom stereocenters. The number of ether oxygens (including phenoxy) is 1. The molecule has 2 aromatic carbocycles. The molecule has 41 heavy (non-hydrogen) atoms.